The van der Waals surface area contributed by atoms with Gasteiger partial charge >= 0.3 is 5.97 Å². The third-order valence-electron chi connectivity index (χ3n) is 4.25. The molecule has 0 saturated heterocycles. The Morgan fingerprint density at radius 1 is 1.12 bits per heavy atom. The van der Waals surface area contributed by atoms with Gasteiger partial charge in [0.05, 0.1) is 29.1 Å². The summed E-state index contributed by atoms with van der Waals surface area (Å²) in [6.45, 7) is 4.06. The number of aromatic amines is 1. The van der Waals surface area contributed by atoms with E-state index in [-0.39, 0.29) is 29.9 Å². The highest BCUT2D eigenvalue weighted by molar-refractivity contribution is 5.87. The number of H-pyrrole nitrogens is 1. The van der Waals surface area contributed by atoms with Gasteiger partial charge in [0, 0.05) is 0 Å². The molecule has 2 aromatic carbocycles. The molecule has 3 rings (SSSR count). The van der Waals surface area contributed by atoms with Crippen LogP contribution in [0.1, 0.15) is 41.6 Å². The number of fused-ring (bicyclic) bond motifs is 1. The molecule has 0 aliphatic heterocycles. The van der Waals surface area contributed by atoms with Crippen molar-refractivity contribution in [1.82, 2.24) is 15.3 Å². The first-order valence-electron chi connectivity index (χ1n) is 8.50. The van der Waals surface area contributed by atoms with Crippen LogP contribution in [-0.2, 0) is 11.2 Å². The Morgan fingerprint density at radius 2 is 1.81 bits per heavy atom. The summed E-state index contributed by atoms with van der Waals surface area (Å²) in [5, 5.41) is 12.0. The zero-order valence-electron chi connectivity index (χ0n) is 14.7. The molecule has 1 unspecified atom stereocenters. The molecule has 0 saturated carbocycles. The van der Waals surface area contributed by atoms with Crippen LogP contribution in [0.2, 0.25) is 0 Å². The maximum Gasteiger partial charge on any atom is 0.335 e. The SMILES string of the molecule is CC(C)C(NC(=O)Cc1ccc(C(=O)O)cc1)c1nc2ccccc2[nH]1. The van der Waals surface area contributed by atoms with Crippen LogP contribution in [0.25, 0.3) is 11.0 Å². The van der Waals surface area contributed by atoms with E-state index in [4.69, 9.17) is 5.11 Å². The van der Waals surface area contributed by atoms with Crippen LogP contribution in [0.15, 0.2) is 48.5 Å². The van der Waals surface area contributed by atoms with Crippen LogP contribution < -0.4 is 5.32 Å². The third-order valence-corrected chi connectivity index (χ3v) is 4.25. The first kappa shape index (κ1) is 17.7. The molecular weight excluding hydrogens is 330 g/mol. The monoisotopic (exact) mass is 351 g/mol. The maximum absolute atomic E-state index is 12.5. The number of amides is 1. The van der Waals surface area contributed by atoms with Crippen molar-refractivity contribution in [1.29, 1.82) is 0 Å². The van der Waals surface area contributed by atoms with Crippen molar-refractivity contribution in [2.24, 2.45) is 5.92 Å². The molecule has 0 bridgehead atoms. The van der Waals surface area contributed by atoms with Gasteiger partial charge in [-0.25, -0.2) is 9.78 Å². The molecule has 0 radical (unpaired) electrons. The highest BCUT2D eigenvalue weighted by atomic mass is 16.4. The first-order chi connectivity index (χ1) is 12.4. The number of rotatable bonds is 6. The number of aromatic nitrogens is 2. The lowest BCUT2D eigenvalue weighted by Crippen LogP contribution is -2.33. The van der Waals surface area contributed by atoms with E-state index in [1.54, 1.807) is 12.1 Å². The molecule has 6 heteroatoms. The van der Waals surface area contributed by atoms with Crippen LogP contribution >= 0.6 is 0 Å². The van der Waals surface area contributed by atoms with E-state index in [0.29, 0.717) is 0 Å². The molecular formula is C20H21N3O3. The van der Waals surface area contributed by atoms with Crippen molar-refractivity contribution in [3.05, 3.63) is 65.5 Å². The quantitative estimate of drug-likeness (QED) is 0.635. The van der Waals surface area contributed by atoms with E-state index < -0.39 is 5.97 Å². The average molecular weight is 351 g/mol. The largest absolute Gasteiger partial charge is 0.478 e. The zero-order chi connectivity index (χ0) is 18.7. The second-order valence-corrected chi connectivity index (χ2v) is 6.61. The van der Waals surface area contributed by atoms with E-state index in [1.807, 2.05) is 38.1 Å². The van der Waals surface area contributed by atoms with Crippen molar-refractivity contribution in [3.8, 4) is 0 Å². The number of carbonyl (C=O) groups excluding carboxylic acids is 1. The van der Waals surface area contributed by atoms with Gasteiger partial charge in [-0.15, -0.1) is 0 Å². The molecule has 3 aromatic rings. The molecule has 0 fully saturated rings. The van der Waals surface area contributed by atoms with Crippen LogP contribution in [0.3, 0.4) is 0 Å². The summed E-state index contributed by atoms with van der Waals surface area (Å²) in [5.41, 5.74) is 2.77. The molecule has 134 valence electrons. The molecule has 0 aliphatic rings. The Hall–Kier alpha value is -3.15. The van der Waals surface area contributed by atoms with Crippen LogP contribution in [0.4, 0.5) is 0 Å². The van der Waals surface area contributed by atoms with Crippen LogP contribution in [0, 0.1) is 5.92 Å². The summed E-state index contributed by atoms with van der Waals surface area (Å²) >= 11 is 0. The van der Waals surface area contributed by atoms with Crippen molar-refractivity contribution in [3.63, 3.8) is 0 Å². The fraction of sp³-hybridized carbons (Fsp3) is 0.250. The number of nitrogens with one attached hydrogen (secondary N) is 2. The number of benzene rings is 2. The van der Waals surface area contributed by atoms with Crippen molar-refractivity contribution in [2.45, 2.75) is 26.3 Å². The molecule has 3 N–H and O–H groups in total. The average Bonchev–Trinajstić information content (AvgIpc) is 3.03. The van der Waals surface area contributed by atoms with Crippen LogP contribution in [0.5, 0.6) is 0 Å². The lowest BCUT2D eigenvalue weighted by molar-refractivity contribution is -0.121. The minimum Gasteiger partial charge on any atom is -0.478 e. The lowest BCUT2D eigenvalue weighted by atomic mass is 10.0. The topological polar surface area (TPSA) is 95.1 Å². The van der Waals surface area contributed by atoms with Gasteiger partial charge < -0.3 is 15.4 Å². The summed E-state index contributed by atoms with van der Waals surface area (Å²) in [4.78, 5) is 31.2. The minimum atomic E-state index is -0.981. The number of carboxylic acids is 1. The van der Waals surface area contributed by atoms with Gasteiger partial charge in [-0.3, -0.25) is 4.79 Å². The molecule has 1 atom stereocenters. The van der Waals surface area contributed by atoms with Gasteiger partial charge in [0.2, 0.25) is 5.91 Å². The summed E-state index contributed by atoms with van der Waals surface area (Å²) in [5.74, 6) is -0.220. The smallest absolute Gasteiger partial charge is 0.335 e. The molecule has 0 aliphatic carbocycles. The molecule has 1 aromatic heterocycles. The van der Waals surface area contributed by atoms with E-state index in [0.717, 1.165) is 22.4 Å². The first-order valence-corrected chi connectivity index (χ1v) is 8.50. The van der Waals surface area contributed by atoms with E-state index in [1.165, 1.54) is 12.1 Å². The van der Waals surface area contributed by atoms with Crippen molar-refractivity contribution < 1.29 is 14.7 Å². The van der Waals surface area contributed by atoms with Crippen molar-refractivity contribution in [2.75, 3.05) is 0 Å². The Bertz CT molecular complexity index is 896. The summed E-state index contributed by atoms with van der Waals surface area (Å²) in [6, 6.07) is 13.9. The van der Waals surface area contributed by atoms with Gasteiger partial charge in [-0.1, -0.05) is 38.1 Å². The standard InChI is InChI=1S/C20H21N3O3/c1-12(2)18(19-21-15-5-3-4-6-16(15)22-19)23-17(24)11-13-7-9-14(10-8-13)20(25)26/h3-10,12,18H,11H2,1-2H3,(H,21,22)(H,23,24)(H,25,26). The fourth-order valence-electron chi connectivity index (χ4n) is 2.85. The molecule has 0 spiro atoms. The zero-order valence-corrected chi connectivity index (χ0v) is 14.7. The number of carbonyl (C=O) groups is 2. The number of hydrogen-bond donors (Lipinski definition) is 3. The number of nitrogens with zero attached hydrogens (tertiary/aromatic N) is 1. The Kier molecular flexibility index (Phi) is 5.02. The normalized spacial score (nSPS) is 12.3. The number of aromatic carboxylic acids is 1. The molecule has 1 heterocycles. The second kappa shape index (κ2) is 7.39. The Balaban J connectivity index is 1.73. The van der Waals surface area contributed by atoms with Gasteiger partial charge in [0.1, 0.15) is 5.82 Å². The van der Waals surface area contributed by atoms with E-state index in [9.17, 15) is 9.59 Å². The highest BCUT2D eigenvalue weighted by Gasteiger charge is 2.21. The number of imidazole rings is 1. The van der Waals surface area contributed by atoms with Gasteiger partial charge in [-0.2, -0.15) is 0 Å². The fourth-order valence-corrected chi connectivity index (χ4v) is 2.85. The Labute approximate surface area is 151 Å². The predicted molar refractivity (Wildman–Crippen MR) is 98.9 cm³/mol. The van der Waals surface area contributed by atoms with E-state index >= 15 is 0 Å². The van der Waals surface area contributed by atoms with E-state index in [2.05, 4.69) is 15.3 Å². The number of carboxylic acid groups (broad SMARTS) is 1. The third kappa shape index (κ3) is 3.91. The summed E-state index contributed by atoms with van der Waals surface area (Å²) in [7, 11) is 0. The molecule has 6 nitrogen and oxygen atoms in total. The van der Waals surface area contributed by atoms with Gasteiger partial charge in [0.15, 0.2) is 0 Å². The predicted octanol–water partition coefficient (Wildman–Crippen LogP) is 3.32. The van der Waals surface area contributed by atoms with Gasteiger partial charge in [-0.05, 0) is 35.7 Å². The summed E-state index contributed by atoms with van der Waals surface area (Å²) in [6.07, 6.45) is 0.184. The molecule has 26 heavy (non-hydrogen) atoms. The maximum atomic E-state index is 12.5. The number of hydrogen-bond acceptors (Lipinski definition) is 3. The Morgan fingerprint density at radius 3 is 2.42 bits per heavy atom. The highest BCUT2D eigenvalue weighted by Crippen LogP contribution is 2.22. The number of para-hydroxylation sites is 2. The minimum absolute atomic E-state index is 0.132. The lowest BCUT2D eigenvalue weighted by Gasteiger charge is -2.20. The summed E-state index contributed by atoms with van der Waals surface area (Å²) < 4.78 is 0. The molecule has 1 amide bonds. The van der Waals surface area contributed by atoms with Gasteiger partial charge in [0.25, 0.3) is 0 Å². The second-order valence-electron chi connectivity index (χ2n) is 6.61. The van der Waals surface area contributed by atoms with Crippen LogP contribution in [-0.4, -0.2) is 27.0 Å². The van der Waals surface area contributed by atoms with Crippen molar-refractivity contribution >= 4 is 22.9 Å².